The van der Waals surface area contributed by atoms with Crippen LogP contribution in [0.4, 0.5) is 0 Å². The molecule has 0 aromatic rings. The molecule has 0 saturated carbocycles. The van der Waals surface area contributed by atoms with E-state index >= 15 is 0 Å². The van der Waals surface area contributed by atoms with E-state index in [1.165, 1.54) is 110 Å². The number of hydrogen-bond donors (Lipinski definition) is 0. The lowest BCUT2D eigenvalue weighted by Gasteiger charge is -2.40. The second-order valence-corrected chi connectivity index (χ2v) is 9.19. The van der Waals surface area contributed by atoms with E-state index in [0.717, 1.165) is 12.1 Å². The summed E-state index contributed by atoms with van der Waals surface area (Å²) in [6.07, 6.45) is 12.3. The second kappa shape index (κ2) is 13.1. The summed E-state index contributed by atoms with van der Waals surface area (Å²) in [5.74, 6) is 0. The third kappa shape index (κ3) is 8.39. The third-order valence-corrected chi connectivity index (χ3v) is 6.71. The molecule has 0 aliphatic carbocycles. The Labute approximate surface area is 170 Å². The highest BCUT2D eigenvalue weighted by Crippen LogP contribution is 2.16. The lowest BCUT2D eigenvalue weighted by molar-refractivity contribution is 0.0441. The quantitative estimate of drug-likeness (QED) is 0.463. The first-order valence-corrected chi connectivity index (χ1v) is 12.1. The highest BCUT2D eigenvalue weighted by Gasteiger charge is 2.23. The molecule has 4 nitrogen and oxygen atoms in total. The smallest absolute Gasteiger partial charge is 0.0508 e. The Bertz CT molecular complexity index is 341. The van der Waals surface area contributed by atoms with Gasteiger partial charge in [-0.25, -0.2) is 0 Å². The maximum absolute atomic E-state index is 2.69. The molecule has 2 aliphatic heterocycles. The van der Waals surface area contributed by atoms with Crippen molar-refractivity contribution >= 4 is 0 Å². The van der Waals surface area contributed by atoms with Crippen molar-refractivity contribution in [1.29, 1.82) is 0 Å². The minimum absolute atomic E-state index is 0.784. The van der Waals surface area contributed by atoms with Crippen molar-refractivity contribution in [2.24, 2.45) is 0 Å². The Hall–Kier alpha value is -0.160. The van der Waals surface area contributed by atoms with Crippen molar-refractivity contribution in [3.8, 4) is 0 Å². The van der Waals surface area contributed by atoms with Crippen LogP contribution in [0.5, 0.6) is 0 Å². The van der Waals surface area contributed by atoms with E-state index in [2.05, 4.69) is 47.3 Å². The van der Waals surface area contributed by atoms with Gasteiger partial charge < -0.3 is 0 Å². The second-order valence-electron chi connectivity index (χ2n) is 9.19. The Morgan fingerprint density at radius 1 is 0.593 bits per heavy atom. The first-order valence-electron chi connectivity index (χ1n) is 12.1. The van der Waals surface area contributed by atoms with Gasteiger partial charge >= 0.3 is 0 Å². The highest BCUT2D eigenvalue weighted by molar-refractivity contribution is 4.76. The molecule has 2 aliphatic rings. The zero-order chi connectivity index (χ0) is 19.5. The van der Waals surface area contributed by atoms with Crippen molar-refractivity contribution < 1.29 is 0 Å². The van der Waals surface area contributed by atoms with Gasteiger partial charge in [0.05, 0.1) is 13.3 Å². The van der Waals surface area contributed by atoms with E-state index in [9.17, 15) is 0 Å². The van der Waals surface area contributed by atoms with Gasteiger partial charge in [0.1, 0.15) is 0 Å². The van der Waals surface area contributed by atoms with Crippen molar-refractivity contribution in [3.63, 3.8) is 0 Å². The van der Waals surface area contributed by atoms with E-state index in [1.807, 2.05) is 0 Å². The summed E-state index contributed by atoms with van der Waals surface area (Å²) in [5.41, 5.74) is 0. The zero-order valence-electron chi connectivity index (χ0n) is 19.0. The number of hydrogen-bond acceptors (Lipinski definition) is 4. The molecule has 4 heteroatoms. The Morgan fingerprint density at radius 3 is 1.41 bits per heavy atom. The van der Waals surface area contributed by atoms with Gasteiger partial charge in [-0.1, -0.05) is 33.1 Å². The SMILES string of the molecule is CCCN1CN(CCCCCCCN2CC[C@H](C)N(CCC)C2)CC[C@@H]1C. The predicted molar refractivity (Wildman–Crippen MR) is 118 cm³/mol. The molecule has 0 radical (unpaired) electrons. The van der Waals surface area contributed by atoms with E-state index < -0.39 is 0 Å². The summed E-state index contributed by atoms with van der Waals surface area (Å²) in [6, 6.07) is 1.57. The average molecular weight is 381 g/mol. The maximum atomic E-state index is 2.69. The summed E-state index contributed by atoms with van der Waals surface area (Å²) in [5, 5.41) is 0. The molecule has 0 bridgehead atoms. The van der Waals surface area contributed by atoms with Crippen LogP contribution in [0.1, 0.15) is 85.5 Å². The van der Waals surface area contributed by atoms with Crippen LogP contribution in [0.3, 0.4) is 0 Å². The summed E-state index contributed by atoms with van der Waals surface area (Å²) in [4.78, 5) is 10.7. The standard InChI is InChI=1S/C23H48N4/c1-5-14-26-20-24(18-12-22(26)3)16-10-8-7-9-11-17-25-19-13-23(4)27(21-25)15-6-2/h22-23H,5-21H2,1-4H3/t22-,23-/m0/s1. The fourth-order valence-electron chi connectivity index (χ4n) is 4.76. The molecule has 0 spiro atoms. The van der Waals surface area contributed by atoms with Crippen molar-refractivity contribution in [2.75, 3.05) is 52.6 Å². The van der Waals surface area contributed by atoms with Gasteiger partial charge in [-0.05, 0) is 78.6 Å². The summed E-state index contributed by atoms with van der Waals surface area (Å²) in [7, 11) is 0. The molecule has 2 heterocycles. The minimum atomic E-state index is 0.784. The van der Waals surface area contributed by atoms with Crippen LogP contribution >= 0.6 is 0 Å². The van der Waals surface area contributed by atoms with Gasteiger partial charge in [-0.15, -0.1) is 0 Å². The van der Waals surface area contributed by atoms with Crippen LogP contribution in [-0.4, -0.2) is 84.3 Å². The Morgan fingerprint density at radius 2 is 1.00 bits per heavy atom. The molecule has 2 atom stereocenters. The molecule has 0 aromatic heterocycles. The van der Waals surface area contributed by atoms with Gasteiger partial charge in [-0.2, -0.15) is 0 Å². The van der Waals surface area contributed by atoms with Gasteiger partial charge in [0, 0.05) is 25.2 Å². The fourth-order valence-corrected chi connectivity index (χ4v) is 4.76. The molecular weight excluding hydrogens is 332 g/mol. The van der Waals surface area contributed by atoms with Crippen LogP contribution in [0.25, 0.3) is 0 Å². The largest absolute Gasteiger partial charge is 0.290 e. The van der Waals surface area contributed by atoms with E-state index in [0.29, 0.717) is 0 Å². The Balaban J connectivity index is 1.48. The van der Waals surface area contributed by atoms with Gasteiger partial charge in [-0.3, -0.25) is 19.6 Å². The molecular formula is C23H48N4. The van der Waals surface area contributed by atoms with Gasteiger partial charge in [0.25, 0.3) is 0 Å². The monoisotopic (exact) mass is 380 g/mol. The number of nitrogens with zero attached hydrogens (tertiary/aromatic N) is 4. The molecule has 27 heavy (non-hydrogen) atoms. The fraction of sp³-hybridized carbons (Fsp3) is 1.00. The van der Waals surface area contributed by atoms with E-state index in [-0.39, 0.29) is 0 Å². The molecule has 160 valence electrons. The molecule has 0 amide bonds. The average Bonchev–Trinajstić information content (AvgIpc) is 2.66. The molecule has 2 saturated heterocycles. The predicted octanol–water partition coefficient (Wildman–Crippen LogP) is 4.46. The molecule has 2 rings (SSSR count). The van der Waals surface area contributed by atoms with Gasteiger partial charge in [0.2, 0.25) is 0 Å². The topological polar surface area (TPSA) is 13.0 Å². The summed E-state index contributed by atoms with van der Waals surface area (Å²) < 4.78 is 0. The van der Waals surface area contributed by atoms with Crippen LogP contribution in [0, 0.1) is 0 Å². The zero-order valence-corrected chi connectivity index (χ0v) is 19.0. The third-order valence-electron chi connectivity index (χ3n) is 6.71. The minimum Gasteiger partial charge on any atom is -0.290 e. The first-order chi connectivity index (χ1) is 13.1. The van der Waals surface area contributed by atoms with Crippen LogP contribution in [0.2, 0.25) is 0 Å². The molecule has 0 N–H and O–H groups in total. The van der Waals surface area contributed by atoms with Gasteiger partial charge in [0.15, 0.2) is 0 Å². The summed E-state index contributed by atoms with van der Waals surface area (Å²) >= 11 is 0. The van der Waals surface area contributed by atoms with Crippen LogP contribution in [-0.2, 0) is 0 Å². The van der Waals surface area contributed by atoms with Crippen molar-refractivity contribution in [2.45, 2.75) is 97.6 Å². The molecule has 0 unspecified atom stereocenters. The van der Waals surface area contributed by atoms with E-state index in [1.54, 1.807) is 0 Å². The lowest BCUT2D eigenvalue weighted by atomic mass is 10.1. The first kappa shape index (κ1) is 23.1. The van der Waals surface area contributed by atoms with Crippen molar-refractivity contribution in [1.82, 2.24) is 19.6 Å². The maximum Gasteiger partial charge on any atom is 0.0508 e. The molecule has 0 aromatic carbocycles. The normalized spacial score (nSPS) is 26.7. The molecule has 2 fully saturated rings. The van der Waals surface area contributed by atoms with Crippen LogP contribution < -0.4 is 0 Å². The highest BCUT2D eigenvalue weighted by atomic mass is 15.3. The van der Waals surface area contributed by atoms with E-state index in [4.69, 9.17) is 0 Å². The summed E-state index contributed by atoms with van der Waals surface area (Å²) in [6.45, 7) is 19.6. The lowest BCUT2D eigenvalue weighted by Crippen LogP contribution is -2.49. The number of unbranched alkanes of at least 4 members (excludes halogenated alkanes) is 4. The Kier molecular flexibility index (Phi) is 11.2. The van der Waals surface area contributed by atoms with Crippen LogP contribution in [0.15, 0.2) is 0 Å². The number of rotatable bonds is 12. The van der Waals surface area contributed by atoms with Crippen molar-refractivity contribution in [3.05, 3.63) is 0 Å².